The number of amides is 1. The van der Waals surface area contributed by atoms with Crippen LogP contribution < -0.4 is 10.6 Å². The molecule has 172 valence electrons. The lowest BCUT2D eigenvalue weighted by molar-refractivity contribution is -0.429. The number of anilines is 1. The second-order valence-corrected chi connectivity index (χ2v) is 7.63. The molecule has 0 aromatic heterocycles. The Morgan fingerprint density at radius 2 is 2.03 bits per heavy atom. The third kappa shape index (κ3) is 6.54. The van der Waals surface area contributed by atoms with Crippen molar-refractivity contribution in [2.24, 2.45) is 0 Å². The Bertz CT molecular complexity index is 1120. The number of hydrogen-bond donors (Lipinski definition) is 3. The van der Waals surface area contributed by atoms with Crippen molar-refractivity contribution in [1.29, 1.82) is 0 Å². The summed E-state index contributed by atoms with van der Waals surface area (Å²) in [7, 11) is 1.96. The van der Waals surface area contributed by atoms with Crippen molar-refractivity contribution in [1.82, 2.24) is 5.32 Å². The summed E-state index contributed by atoms with van der Waals surface area (Å²) in [5, 5.41) is 19.3. The molecule has 1 atom stereocenters. The lowest BCUT2D eigenvalue weighted by atomic mass is 10.0. The molecule has 0 saturated carbocycles. The van der Waals surface area contributed by atoms with E-state index in [1.54, 1.807) is 37.5 Å². The Balaban J connectivity index is 1.58. The number of esters is 1. The monoisotopic (exact) mass is 448 g/mol. The smallest absolute Gasteiger partial charge is 0.338 e. The zero-order valence-electron chi connectivity index (χ0n) is 18.9. The van der Waals surface area contributed by atoms with Gasteiger partial charge in [-0.2, -0.15) is 6.20 Å². The minimum atomic E-state index is -0.530. The van der Waals surface area contributed by atoms with E-state index in [9.17, 15) is 9.59 Å². The molecule has 1 aliphatic rings. The van der Waals surface area contributed by atoms with Gasteiger partial charge in [0.1, 0.15) is 13.7 Å². The van der Waals surface area contributed by atoms with Crippen molar-refractivity contribution in [3.63, 3.8) is 0 Å². The third-order valence-electron chi connectivity index (χ3n) is 4.98. The average molecular weight is 449 g/mol. The molecule has 0 bridgehead atoms. The maximum absolute atomic E-state index is 12.7. The number of aliphatic hydroxyl groups is 1. The van der Waals surface area contributed by atoms with Gasteiger partial charge in [0.05, 0.1) is 12.2 Å². The van der Waals surface area contributed by atoms with E-state index in [0.717, 1.165) is 11.3 Å². The highest BCUT2D eigenvalue weighted by atomic mass is 16.5. The van der Waals surface area contributed by atoms with E-state index in [-0.39, 0.29) is 25.2 Å². The molecule has 8 heteroatoms. The third-order valence-corrected chi connectivity index (χ3v) is 4.98. The van der Waals surface area contributed by atoms with Crippen molar-refractivity contribution in [2.45, 2.75) is 19.9 Å². The van der Waals surface area contributed by atoms with Crippen LogP contribution >= 0.6 is 0 Å². The SMILES string of the molecule is Cc1cc(C(=O)Nc2cccc(C(C)[N-]C=CNC3=C[N+](C)=C3)c2)ccc1C(=O)OCCO. The first-order valence-electron chi connectivity index (χ1n) is 10.6. The zero-order valence-corrected chi connectivity index (χ0v) is 18.9. The van der Waals surface area contributed by atoms with Gasteiger partial charge < -0.3 is 25.8 Å². The molecule has 1 unspecified atom stereocenters. The number of nitrogens with zero attached hydrogens (tertiary/aromatic N) is 2. The van der Waals surface area contributed by atoms with Gasteiger partial charge in [-0.1, -0.05) is 30.7 Å². The summed E-state index contributed by atoms with van der Waals surface area (Å²) >= 11 is 0. The Hall–Kier alpha value is -3.91. The van der Waals surface area contributed by atoms with Crippen molar-refractivity contribution >= 4 is 23.8 Å². The normalized spacial score (nSPS) is 13.5. The van der Waals surface area contributed by atoms with E-state index in [0.29, 0.717) is 22.4 Å². The number of hydrogen-bond acceptors (Lipinski definition) is 5. The van der Waals surface area contributed by atoms with E-state index < -0.39 is 5.97 Å². The molecule has 8 nitrogen and oxygen atoms in total. The number of ether oxygens (including phenoxy) is 1. The number of rotatable bonds is 10. The highest BCUT2D eigenvalue weighted by molar-refractivity contribution is 6.05. The summed E-state index contributed by atoms with van der Waals surface area (Å²) in [4.78, 5) is 24.7. The highest BCUT2D eigenvalue weighted by Gasteiger charge is 2.14. The van der Waals surface area contributed by atoms with Gasteiger partial charge >= 0.3 is 5.97 Å². The number of benzene rings is 2. The fraction of sp³-hybridized carbons (Fsp3) is 0.240. The van der Waals surface area contributed by atoms with Crippen LogP contribution in [0.2, 0.25) is 0 Å². The molecule has 0 radical (unpaired) electrons. The maximum Gasteiger partial charge on any atom is 0.338 e. The first-order chi connectivity index (χ1) is 15.9. The summed E-state index contributed by atoms with van der Waals surface area (Å²) in [6.45, 7) is 3.41. The van der Waals surface area contributed by atoms with Gasteiger partial charge in [-0.3, -0.25) is 4.79 Å². The minimum absolute atomic E-state index is 0.0673. The molecule has 0 fully saturated rings. The molecule has 1 aliphatic heterocycles. The molecule has 0 saturated heterocycles. The van der Waals surface area contributed by atoms with Gasteiger partial charge in [0.2, 0.25) is 0 Å². The van der Waals surface area contributed by atoms with Gasteiger partial charge in [0, 0.05) is 11.3 Å². The van der Waals surface area contributed by atoms with Crippen LogP contribution in [0.25, 0.3) is 5.32 Å². The lowest BCUT2D eigenvalue weighted by Crippen LogP contribution is -2.21. The van der Waals surface area contributed by atoms with Crippen molar-refractivity contribution < 1.29 is 24.0 Å². The average Bonchev–Trinajstić information content (AvgIpc) is 2.78. The van der Waals surface area contributed by atoms with E-state index in [1.807, 2.05) is 55.2 Å². The highest BCUT2D eigenvalue weighted by Crippen LogP contribution is 2.24. The molecule has 0 aliphatic carbocycles. The summed E-state index contributed by atoms with van der Waals surface area (Å²) in [5.41, 5.74) is 4.04. The van der Waals surface area contributed by atoms with Crippen LogP contribution in [0.15, 0.2) is 66.8 Å². The number of carbonyl (C=O) groups excluding carboxylic acids is 2. The second-order valence-electron chi connectivity index (χ2n) is 7.63. The lowest BCUT2D eigenvalue weighted by Gasteiger charge is -2.26. The zero-order chi connectivity index (χ0) is 23.8. The van der Waals surface area contributed by atoms with Gasteiger partial charge in [-0.25, -0.2) is 9.37 Å². The van der Waals surface area contributed by atoms with E-state index in [2.05, 4.69) is 16.0 Å². The molecule has 3 rings (SSSR count). The fourth-order valence-corrected chi connectivity index (χ4v) is 3.22. The standard InChI is InChI=1S/C25H28N4O4/c1-17-13-20(7-8-23(17)25(32)33-12-11-30)24(31)28-21-6-4-5-19(14-21)18(2)26-9-10-27-22-15-29(3)16-22/h4-10,13-16,18,30H,11-12H2,1-3H3,(H2-,26,27,28,31,32). The number of carbonyl (C=O) groups is 2. The number of allylic oxidation sites excluding steroid dienone is 1. The number of aryl methyl sites for hydroxylation is 1. The van der Waals surface area contributed by atoms with E-state index in [4.69, 9.17) is 9.84 Å². The predicted octanol–water partition coefficient (Wildman–Crippen LogP) is 3.46. The van der Waals surface area contributed by atoms with Crippen LogP contribution in [0.1, 0.15) is 44.8 Å². The Labute approximate surface area is 193 Å². The quantitative estimate of drug-likeness (QED) is 0.381. The van der Waals surface area contributed by atoms with Crippen LogP contribution in [-0.2, 0) is 4.74 Å². The largest absolute Gasteiger partial charge is 0.683 e. The minimum Gasteiger partial charge on any atom is -0.683 e. The van der Waals surface area contributed by atoms with Crippen molar-refractivity contribution in [2.75, 3.05) is 25.6 Å². The van der Waals surface area contributed by atoms with Crippen molar-refractivity contribution in [3.05, 3.63) is 94.3 Å². The van der Waals surface area contributed by atoms with Crippen LogP contribution in [0.5, 0.6) is 0 Å². The van der Waals surface area contributed by atoms with Gasteiger partial charge in [0.25, 0.3) is 5.91 Å². The summed E-state index contributed by atoms with van der Waals surface area (Å²) in [6.07, 6.45) is 7.44. The first-order valence-corrected chi connectivity index (χ1v) is 10.6. The molecular formula is C25H28N4O4. The second kappa shape index (κ2) is 11.1. The van der Waals surface area contributed by atoms with Crippen LogP contribution in [0.3, 0.4) is 0 Å². The van der Waals surface area contributed by atoms with Gasteiger partial charge in [-0.05, 0) is 49.0 Å². The molecule has 33 heavy (non-hydrogen) atoms. The van der Waals surface area contributed by atoms with Crippen LogP contribution in [-0.4, -0.2) is 48.0 Å². The Morgan fingerprint density at radius 1 is 1.24 bits per heavy atom. The molecular weight excluding hydrogens is 420 g/mol. The topological polar surface area (TPSA) is 105 Å². The summed E-state index contributed by atoms with van der Waals surface area (Å²) in [5.74, 6) is -0.813. The van der Waals surface area contributed by atoms with E-state index in [1.165, 1.54) is 0 Å². The van der Waals surface area contributed by atoms with Crippen LogP contribution in [0, 0.1) is 6.92 Å². The Kier molecular flexibility index (Phi) is 7.99. The predicted molar refractivity (Wildman–Crippen MR) is 127 cm³/mol. The van der Waals surface area contributed by atoms with Crippen molar-refractivity contribution in [3.8, 4) is 0 Å². The van der Waals surface area contributed by atoms with Gasteiger partial charge in [-0.15, -0.1) is 0 Å². The first kappa shape index (κ1) is 23.7. The number of nitrogens with one attached hydrogen (secondary N) is 2. The Morgan fingerprint density at radius 3 is 2.73 bits per heavy atom. The number of aliphatic hydroxyl groups excluding tert-OH is 1. The summed E-state index contributed by atoms with van der Waals surface area (Å²) in [6, 6.07) is 12.2. The van der Waals surface area contributed by atoms with Gasteiger partial charge in [0.15, 0.2) is 18.1 Å². The summed E-state index contributed by atoms with van der Waals surface area (Å²) < 4.78 is 6.89. The van der Waals surface area contributed by atoms with Crippen LogP contribution in [0.4, 0.5) is 5.69 Å². The van der Waals surface area contributed by atoms with E-state index >= 15 is 0 Å². The molecule has 3 N–H and O–H groups in total. The molecule has 2 aromatic rings. The molecule has 1 heterocycles. The molecule has 0 spiro atoms. The molecule has 1 amide bonds. The molecule has 2 aromatic carbocycles. The fourth-order valence-electron chi connectivity index (χ4n) is 3.22. The maximum atomic E-state index is 12.7.